The number of hydrogen-bond donors (Lipinski definition) is 0. The normalized spacial score (nSPS) is 16.6. The molecule has 0 N–H and O–H groups in total. The zero-order valence-corrected chi connectivity index (χ0v) is 15.1. The van der Waals surface area contributed by atoms with E-state index in [0.717, 1.165) is 12.8 Å². The van der Waals surface area contributed by atoms with Crippen molar-refractivity contribution in [2.24, 2.45) is 17.8 Å². The predicted molar refractivity (Wildman–Crippen MR) is 93.9 cm³/mol. The molecule has 0 aliphatic heterocycles. The molecule has 0 aromatic carbocycles. The first-order chi connectivity index (χ1) is 10.9. The molecule has 0 aliphatic rings. The molecule has 4 atom stereocenters. The summed E-state index contributed by atoms with van der Waals surface area (Å²) in [7, 11) is 0. The van der Waals surface area contributed by atoms with E-state index in [1.54, 1.807) is 12.2 Å². The highest BCUT2D eigenvalue weighted by molar-refractivity contribution is 4.93. The summed E-state index contributed by atoms with van der Waals surface area (Å²) in [5.41, 5.74) is 0. The molecule has 0 rings (SSSR count). The molecule has 0 aromatic rings. The molecular weight excluding hydrogens is 294 g/mol. The van der Waals surface area contributed by atoms with Gasteiger partial charge in [0.2, 0.25) is 6.04 Å². The van der Waals surface area contributed by atoms with E-state index in [0.29, 0.717) is 18.9 Å². The second-order valence-corrected chi connectivity index (χ2v) is 6.13. The number of nitro groups is 1. The molecule has 5 heteroatoms. The van der Waals surface area contributed by atoms with Crippen LogP contribution in [0.3, 0.4) is 0 Å². The molecule has 0 amide bonds. The third-order valence-electron chi connectivity index (χ3n) is 4.36. The number of allylic oxidation sites excluding steroid dienone is 2. The fraction of sp³-hybridized carbons (Fsp3) is 0.778. The van der Waals surface area contributed by atoms with E-state index < -0.39 is 12.3 Å². The summed E-state index contributed by atoms with van der Waals surface area (Å²) in [5.74, 6) is 0.532. The Bertz CT molecular complexity index is 351. The zero-order chi connectivity index (χ0) is 17.8. The molecule has 0 saturated carbocycles. The van der Waals surface area contributed by atoms with Crippen LogP contribution >= 0.6 is 0 Å². The molecule has 0 bridgehead atoms. The molecule has 0 heterocycles. The summed E-state index contributed by atoms with van der Waals surface area (Å²) in [6.07, 6.45) is 5.20. The van der Waals surface area contributed by atoms with Gasteiger partial charge in [-0.15, -0.1) is 13.2 Å². The van der Waals surface area contributed by atoms with Crippen LogP contribution in [0, 0.1) is 27.9 Å². The van der Waals surface area contributed by atoms with Gasteiger partial charge in [0.1, 0.15) is 6.61 Å². The molecule has 134 valence electrons. The zero-order valence-electron chi connectivity index (χ0n) is 15.1. The first-order valence-corrected chi connectivity index (χ1v) is 8.52. The van der Waals surface area contributed by atoms with Crippen LogP contribution in [-0.2, 0) is 9.47 Å². The van der Waals surface area contributed by atoms with Crippen molar-refractivity contribution in [1.29, 1.82) is 0 Å². The standard InChI is InChI=1S/C18H33NO4/c1-7-11-22-18(15(6)14(5)8-2)23-13-17(19(20)21)12-16(9-3)10-4/h9-10,14-18H,3-4,7-8,11-13H2,1-2,5-6H3. The van der Waals surface area contributed by atoms with Crippen molar-refractivity contribution in [2.75, 3.05) is 13.2 Å². The Morgan fingerprint density at radius 2 is 1.78 bits per heavy atom. The average molecular weight is 327 g/mol. The second-order valence-electron chi connectivity index (χ2n) is 6.13. The van der Waals surface area contributed by atoms with Crippen LogP contribution in [0.25, 0.3) is 0 Å². The predicted octanol–water partition coefficient (Wildman–Crippen LogP) is 4.46. The van der Waals surface area contributed by atoms with E-state index in [1.807, 2.05) is 6.92 Å². The lowest BCUT2D eigenvalue weighted by molar-refractivity contribution is -0.530. The molecule has 0 radical (unpaired) electrons. The molecule has 0 aliphatic carbocycles. The van der Waals surface area contributed by atoms with Gasteiger partial charge in [-0.1, -0.05) is 46.3 Å². The summed E-state index contributed by atoms with van der Waals surface area (Å²) in [6, 6.07) is -0.784. The fourth-order valence-corrected chi connectivity index (χ4v) is 2.25. The van der Waals surface area contributed by atoms with Crippen molar-refractivity contribution in [3.8, 4) is 0 Å². The lowest BCUT2D eigenvalue weighted by Crippen LogP contribution is -2.35. The molecule has 0 spiro atoms. The third-order valence-corrected chi connectivity index (χ3v) is 4.36. The maximum Gasteiger partial charge on any atom is 0.237 e. The van der Waals surface area contributed by atoms with Crippen LogP contribution in [-0.4, -0.2) is 30.5 Å². The van der Waals surface area contributed by atoms with Crippen molar-refractivity contribution < 1.29 is 14.4 Å². The van der Waals surface area contributed by atoms with Crippen molar-refractivity contribution in [1.82, 2.24) is 0 Å². The topological polar surface area (TPSA) is 61.6 Å². The third kappa shape index (κ3) is 8.28. The minimum absolute atomic E-state index is 0.0420. The second kappa shape index (κ2) is 12.3. The van der Waals surface area contributed by atoms with Crippen molar-refractivity contribution in [3.05, 3.63) is 35.4 Å². The molecular formula is C18H33NO4. The SMILES string of the molecule is C=CC(C=C)CC(COC(OCCC)C(C)C(C)CC)[N+](=O)[O-]. The van der Waals surface area contributed by atoms with Crippen LogP contribution in [0.5, 0.6) is 0 Å². The molecule has 0 fully saturated rings. The lowest BCUT2D eigenvalue weighted by Gasteiger charge is -2.29. The van der Waals surface area contributed by atoms with Crippen LogP contribution < -0.4 is 0 Å². The quantitative estimate of drug-likeness (QED) is 0.204. The lowest BCUT2D eigenvalue weighted by atomic mass is 9.93. The van der Waals surface area contributed by atoms with E-state index in [9.17, 15) is 10.1 Å². The van der Waals surface area contributed by atoms with Gasteiger partial charge >= 0.3 is 0 Å². The summed E-state index contributed by atoms with van der Waals surface area (Å²) in [4.78, 5) is 11.0. The monoisotopic (exact) mass is 327 g/mol. The van der Waals surface area contributed by atoms with Crippen LogP contribution in [0.2, 0.25) is 0 Å². The maximum absolute atomic E-state index is 11.3. The van der Waals surface area contributed by atoms with E-state index in [2.05, 4.69) is 33.9 Å². The largest absolute Gasteiger partial charge is 0.352 e. The highest BCUT2D eigenvalue weighted by atomic mass is 16.7. The van der Waals surface area contributed by atoms with Gasteiger partial charge in [-0.25, -0.2) is 0 Å². The van der Waals surface area contributed by atoms with E-state index in [4.69, 9.17) is 9.47 Å². The summed E-state index contributed by atoms with van der Waals surface area (Å²) in [6.45, 7) is 16.4. The molecule has 0 saturated heterocycles. The van der Waals surface area contributed by atoms with Gasteiger partial charge in [-0.05, 0) is 12.3 Å². The molecule has 0 aromatic heterocycles. The van der Waals surface area contributed by atoms with E-state index in [-0.39, 0.29) is 23.4 Å². The minimum atomic E-state index is -0.784. The number of rotatable bonds is 14. The first-order valence-electron chi connectivity index (χ1n) is 8.52. The summed E-state index contributed by atoms with van der Waals surface area (Å²) in [5, 5.41) is 11.3. The summed E-state index contributed by atoms with van der Waals surface area (Å²) < 4.78 is 11.6. The van der Waals surface area contributed by atoms with Crippen molar-refractivity contribution in [2.45, 2.75) is 59.3 Å². The molecule has 23 heavy (non-hydrogen) atoms. The maximum atomic E-state index is 11.3. The fourth-order valence-electron chi connectivity index (χ4n) is 2.25. The highest BCUT2D eigenvalue weighted by Crippen LogP contribution is 2.23. The van der Waals surface area contributed by atoms with Gasteiger partial charge in [0.15, 0.2) is 6.29 Å². The number of hydrogen-bond acceptors (Lipinski definition) is 4. The Morgan fingerprint density at radius 1 is 1.17 bits per heavy atom. The Balaban J connectivity index is 4.78. The number of ether oxygens (including phenoxy) is 2. The smallest absolute Gasteiger partial charge is 0.237 e. The molecule has 5 nitrogen and oxygen atoms in total. The van der Waals surface area contributed by atoms with Gasteiger partial charge in [0.25, 0.3) is 0 Å². The van der Waals surface area contributed by atoms with E-state index >= 15 is 0 Å². The Morgan fingerprint density at radius 3 is 2.22 bits per heavy atom. The Hall–Kier alpha value is -1.20. The Labute approximate surface area is 140 Å². The van der Waals surface area contributed by atoms with Gasteiger partial charge in [0, 0.05) is 29.8 Å². The van der Waals surface area contributed by atoms with Gasteiger partial charge in [-0.2, -0.15) is 0 Å². The van der Waals surface area contributed by atoms with Gasteiger partial charge in [-0.3, -0.25) is 10.1 Å². The van der Waals surface area contributed by atoms with Crippen molar-refractivity contribution in [3.63, 3.8) is 0 Å². The number of nitrogens with zero attached hydrogens (tertiary/aromatic N) is 1. The van der Waals surface area contributed by atoms with Crippen LogP contribution in [0.15, 0.2) is 25.3 Å². The average Bonchev–Trinajstić information content (AvgIpc) is 2.55. The minimum Gasteiger partial charge on any atom is -0.352 e. The van der Waals surface area contributed by atoms with Crippen LogP contribution in [0.1, 0.15) is 47.0 Å². The Kier molecular flexibility index (Phi) is 11.6. The van der Waals surface area contributed by atoms with Crippen molar-refractivity contribution >= 4 is 0 Å². The molecule has 4 unspecified atom stereocenters. The van der Waals surface area contributed by atoms with E-state index in [1.165, 1.54) is 0 Å². The van der Waals surface area contributed by atoms with Crippen LogP contribution in [0.4, 0.5) is 0 Å². The van der Waals surface area contributed by atoms with Gasteiger partial charge in [0.05, 0.1) is 0 Å². The first kappa shape index (κ1) is 21.8. The van der Waals surface area contributed by atoms with Gasteiger partial charge < -0.3 is 9.47 Å². The summed E-state index contributed by atoms with van der Waals surface area (Å²) >= 11 is 0. The highest BCUT2D eigenvalue weighted by Gasteiger charge is 2.28.